The van der Waals surface area contributed by atoms with Gasteiger partial charge in [0.1, 0.15) is 13.3 Å². The van der Waals surface area contributed by atoms with Gasteiger partial charge in [0.25, 0.3) is 5.91 Å². The number of fused-ring (bicyclic) bond motifs is 1. The molecule has 0 aliphatic carbocycles. The Bertz CT molecular complexity index is 1280. The second-order valence-corrected chi connectivity index (χ2v) is 7.83. The molecule has 1 amide bonds. The molecule has 0 saturated carbocycles. The lowest BCUT2D eigenvalue weighted by Crippen LogP contribution is -2.18. The van der Waals surface area contributed by atoms with Crippen LogP contribution in [0, 0.1) is 13.8 Å². The summed E-state index contributed by atoms with van der Waals surface area (Å²) >= 11 is 0. The highest BCUT2D eigenvalue weighted by atomic mass is 19.4. The van der Waals surface area contributed by atoms with Crippen LogP contribution < -0.4 is 5.32 Å². The molecule has 33 heavy (non-hydrogen) atoms. The number of carbonyl (C=O) groups is 1. The van der Waals surface area contributed by atoms with E-state index < -0.39 is 12.8 Å². The summed E-state index contributed by atoms with van der Waals surface area (Å²) in [5.41, 5.74) is 5.31. The summed E-state index contributed by atoms with van der Waals surface area (Å²) in [4.78, 5) is 12.8. The Morgan fingerprint density at radius 3 is 2.61 bits per heavy atom. The molecular weight excluding hydrogens is 433 g/mol. The van der Waals surface area contributed by atoms with Gasteiger partial charge < -0.3 is 14.6 Å². The van der Waals surface area contributed by atoms with E-state index in [1.165, 1.54) is 22.6 Å². The van der Waals surface area contributed by atoms with Crippen LogP contribution in [0.1, 0.15) is 27.2 Å². The lowest BCUT2D eigenvalue weighted by atomic mass is 10.1. The predicted molar refractivity (Wildman–Crippen MR) is 119 cm³/mol. The largest absolute Gasteiger partial charge is 0.411 e. The first-order valence-electron chi connectivity index (χ1n) is 10.3. The third-order valence-corrected chi connectivity index (χ3v) is 5.47. The number of nitrogens with zero attached hydrogens (tertiary/aromatic N) is 3. The Hall–Kier alpha value is -3.59. The number of rotatable bonds is 7. The van der Waals surface area contributed by atoms with Crippen molar-refractivity contribution < 1.29 is 22.7 Å². The van der Waals surface area contributed by atoms with Crippen LogP contribution in [0.5, 0.6) is 0 Å². The Balaban J connectivity index is 1.49. The van der Waals surface area contributed by atoms with Crippen LogP contribution in [0.2, 0.25) is 0 Å². The average molecular weight is 456 g/mol. The number of anilines is 1. The van der Waals surface area contributed by atoms with Gasteiger partial charge in [-0.3, -0.25) is 4.79 Å². The summed E-state index contributed by atoms with van der Waals surface area (Å²) in [7, 11) is 0. The molecule has 0 aliphatic heterocycles. The summed E-state index contributed by atoms with van der Waals surface area (Å²) in [6.07, 6.45) is -1.63. The summed E-state index contributed by atoms with van der Waals surface area (Å²) in [5.74, 6) is -0.333. The first kappa shape index (κ1) is 22.6. The molecule has 2 aromatic carbocycles. The number of aryl methyl sites for hydroxylation is 1. The Morgan fingerprint density at radius 2 is 1.88 bits per heavy atom. The van der Waals surface area contributed by atoms with Gasteiger partial charge in [0.2, 0.25) is 0 Å². The molecule has 0 bridgehead atoms. The molecule has 1 N–H and O–H groups in total. The second-order valence-electron chi connectivity index (χ2n) is 7.83. The number of carbonyl (C=O) groups excluding carboxylic acids is 1. The van der Waals surface area contributed by atoms with E-state index >= 15 is 0 Å². The summed E-state index contributed by atoms with van der Waals surface area (Å²) in [6, 6.07) is 15.7. The van der Waals surface area contributed by atoms with Crippen LogP contribution in [-0.4, -0.2) is 33.0 Å². The molecule has 0 unspecified atom stereocenters. The van der Waals surface area contributed by atoms with Crippen LogP contribution in [0.15, 0.2) is 60.9 Å². The average Bonchev–Trinajstić information content (AvgIpc) is 3.31. The molecule has 9 heteroatoms. The third-order valence-electron chi connectivity index (χ3n) is 5.47. The number of ether oxygens (including phenoxy) is 1. The van der Waals surface area contributed by atoms with Crippen molar-refractivity contribution >= 4 is 22.5 Å². The summed E-state index contributed by atoms with van der Waals surface area (Å²) in [6.45, 7) is 3.10. The number of amides is 1. The summed E-state index contributed by atoms with van der Waals surface area (Å²) < 4.78 is 44.5. The lowest BCUT2D eigenvalue weighted by molar-refractivity contribution is -0.182. The van der Waals surface area contributed by atoms with E-state index in [0.717, 1.165) is 28.7 Å². The van der Waals surface area contributed by atoms with Gasteiger partial charge in [-0.2, -0.15) is 18.3 Å². The van der Waals surface area contributed by atoms with E-state index in [9.17, 15) is 18.0 Å². The number of benzene rings is 2. The highest BCUT2D eigenvalue weighted by Crippen LogP contribution is 2.27. The van der Waals surface area contributed by atoms with E-state index in [2.05, 4.69) is 38.8 Å². The van der Waals surface area contributed by atoms with E-state index in [-0.39, 0.29) is 12.6 Å². The zero-order chi connectivity index (χ0) is 23.6. The van der Waals surface area contributed by atoms with Crippen molar-refractivity contribution in [2.75, 3.05) is 11.9 Å². The van der Waals surface area contributed by atoms with Gasteiger partial charge in [0, 0.05) is 28.7 Å². The molecule has 0 saturated heterocycles. The molecule has 0 radical (unpaired) electrons. The number of halogens is 3. The monoisotopic (exact) mass is 456 g/mol. The van der Waals surface area contributed by atoms with Crippen molar-refractivity contribution in [2.45, 2.75) is 33.3 Å². The zero-order valence-electron chi connectivity index (χ0n) is 18.2. The van der Waals surface area contributed by atoms with Crippen molar-refractivity contribution in [3.63, 3.8) is 0 Å². The van der Waals surface area contributed by atoms with Gasteiger partial charge in [-0.25, -0.2) is 4.68 Å². The highest BCUT2D eigenvalue weighted by Gasteiger charge is 2.27. The van der Waals surface area contributed by atoms with Crippen LogP contribution >= 0.6 is 0 Å². The predicted octanol–water partition coefficient (Wildman–Crippen LogP) is 5.29. The van der Waals surface area contributed by atoms with Crippen LogP contribution in [0.25, 0.3) is 10.9 Å². The Kier molecular flexibility index (Phi) is 6.24. The maximum atomic E-state index is 12.8. The molecule has 4 rings (SSSR count). The maximum Gasteiger partial charge on any atom is 0.411 e. The first-order valence-corrected chi connectivity index (χ1v) is 10.3. The first-order chi connectivity index (χ1) is 15.7. The van der Waals surface area contributed by atoms with Gasteiger partial charge >= 0.3 is 6.18 Å². The number of hydrogen-bond acceptors (Lipinski definition) is 3. The van der Waals surface area contributed by atoms with Crippen molar-refractivity contribution in [1.82, 2.24) is 14.3 Å². The molecule has 0 fully saturated rings. The minimum atomic E-state index is -4.40. The van der Waals surface area contributed by atoms with E-state index in [0.29, 0.717) is 11.3 Å². The van der Waals surface area contributed by atoms with Crippen LogP contribution in [0.3, 0.4) is 0 Å². The SMILES string of the molecule is Cc1c(C)n(Cc2ccccc2)c2ccc(C(=O)Nc3cnn(COCC(F)(F)F)c3)cc12. The van der Waals surface area contributed by atoms with Crippen molar-refractivity contribution in [2.24, 2.45) is 0 Å². The molecule has 0 aliphatic rings. The molecule has 2 heterocycles. The van der Waals surface area contributed by atoms with Gasteiger partial charge in [-0.05, 0) is 43.2 Å². The fourth-order valence-corrected chi connectivity index (χ4v) is 3.72. The van der Waals surface area contributed by atoms with Gasteiger partial charge in [-0.15, -0.1) is 0 Å². The van der Waals surface area contributed by atoms with Gasteiger partial charge in [0.05, 0.1) is 18.1 Å². The van der Waals surface area contributed by atoms with Crippen LogP contribution in [0.4, 0.5) is 18.9 Å². The molecule has 4 aromatic rings. The summed E-state index contributed by atoms with van der Waals surface area (Å²) in [5, 5.41) is 7.62. The number of nitrogens with one attached hydrogen (secondary N) is 1. The zero-order valence-corrected chi connectivity index (χ0v) is 18.2. The fourth-order valence-electron chi connectivity index (χ4n) is 3.72. The van der Waals surface area contributed by atoms with Crippen molar-refractivity contribution in [3.8, 4) is 0 Å². The minimum Gasteiger partial charge on any atom is -0.350 e. The normalized spacial score (nSPS) is 11.8. The smallest absolute Gasteiger partial charge is 0.350 e. The molecule has 0 atom stereocenters. The van der Waals surface area contributed by atoms with E-state index in [4.69, 9.17) is 0 Å². The maximum absolute atomic E-state index is 12.8. The molecule has 2 aromatic heterocycles. The second kappa shape index (κ2) is 9.11. The molecule has 0 spiro atoms. The van der Waals surface area contributed by atoms with Crippen LogP contribution in [-0.2, 0) is 18.0 Å². The van der Waals surface area contributed by atoms with Gasteiger partial charge in [0.15, 0.2) is 0 Å². The molecule has 6 nitrogen and oxygen atoms in total. The molecule has 172 valence electrons. The van der Waals surface area contributed by atoms with E-state index in [1.807, 2.05) is 37.3 Å². The lowest BCUT2D eigenvalue weighted by Gasteiger charge is -2.09. The van der Waals surface area contributed by atoms with Gasteiger partial charge in [-0.1, -0.05) is 30.3 Å². The number of alkyl halides is 3. The van der Waals surface area contributed by atoms with Crippen molar-refractivity contribution in [1.29, 1.82) is 0 Å². The topological polar surface area (TPSA) is 61.1 Å². The molecular formula is C24H23F3N4O2. The van der Waals surface area contributed by atoms with Crippen molar-refractivity contribution in [3.05, 3.63) is 83.3 Å². The quantitative estimate of drug-likeness (QED) is 0.411. The fraction of sp³-hybridized carbons (Fsp3) is 0.250. The minimum absolute atomic E-state index is 0.333. The number of aromatic nitrogens is 3. The Morgan fingerprint density at radius 1 is 1.12 bits per heavy atom. The third kappa shape index (κ3) is 5.25. The number of hydrogen-bond donors (Lipinski definition) is 1. The standard InChI is InChI=1S/C24H23F3N4O2/c1-16-17(2)31(12-18-6-4-3-5-7-18)22-9-8-19(10-21(16)22)23(32)29-20-11-28-30(13-20)15-33-14-24(25,26)27/h3-11,13H,12,14-15H2,1-2H3,(H,29,32). The Labute approximate surface area is 188 Å². The van der Waals surface area contributed by atoms with E-state index in [1.54, 1.807) is 6.07 Å². The highest BCUT2D eigenvalue weighted by molar-refractivity contribution is 6.06.